The fourth-order valence-electron chi connectivity index (χ4n) is 2.30. The van der Waals surface area contributed by atoms with Crippen molar-refractivity contribution in [2.45, 2.75) is 23.8 Å². The molecule has 0 amide bonds. The van der Waals surface area contributed by atoms with Crippen LogP contribution in [0.4, 0.5) is 0 Å². The molecule has 1 saturated heterocycles. The van der Waals surface area contributed by atoms with Crippen molar-refractivity contribution in [3.8, 4) is 0 Å². The highest BCUT2D eigenvalue weighted by Crippen LogP contribution is 2.16. The van der Waals surface area contributed by atoms with Gasteiger partial charge in [0.15, 0.2) is 9.84 Å². The lowest BCUT2D eigenvalue weighted by Crippen LogP contribution is -2.44. The van der Waals surface area contributed by atoms with E-state index in [1.807, 2.05) is 0 Å². The molecule has 0 radical (unpaired) electrons. The van der Waals surface area contributed by atoms with Crippen molar-refractivity contribution >= 4 is 21.4 Å². The molecular weight excluding hydrogens is 284 g/mol. The van der Waals surface area contributed by atoms with E-state index in [-0.39, 0.29) is 11.8 Å². The molecule has 2 rings (SSSR count). The van der Waals surface area contributed by atoms with E-state index in [0.717, 1.165) is 25.9 Å². The van der Waals surface area contributed by atoms with Gasteiger partial charge in [0.05, 0.1) is 10.6 Å². The van der Waals surface area contributed by atoms with Crippen LogP contribution in [0.3, 0.4) is 0 Å². The number of likely N-dealkylation sites (tertiary alicyclic amines) is 1. The average Bonchev–Trinajstić information content (AvgIpc) is 2.37. The third-order valence-corrected chi connectivity index (χ3v) is 5.35. The first-order valence-electron chi connectivity index (χ1n) is 6.43. The number of hydrogen-bond donors (Lipinski definition) is 1. The summed E-state index contributed by atoms with van der Waals surface area (Å²) in [6.07, 6.45) is 2.07. The minimum Gasteiger partial charge on any atom is -0.327 e. The highest BCUT2D eigenvalue weighted by molar-refractivity contribution is 7.91. The molecule has 0 unspecified atom stereocenters. The van der Waals surface area contributed by atoms with Gasteiger partial charge in [0.1, 0.15) is 0 Å². The smallest absolute Gasteiger partial charge is 0.179 e. The Kier molecular flexibility index (Phi) is 4.84. The fraction of sp³-hybridized carbons (Fsp3) is 0.538. The second-order valence-electron chi connectivity index (χ2n) is 4.98. The van der Waals surface area contributed by atoms with Crippen LogP contribution < -0.4 is 5.73 Å². The summed E-state index contributed by atoms with van der Waals surface area (Å²) in [6, 6.07) is 6.49. The van der Waals surface area contributed by atoms with Gasteiger partial charge in [0, 0.05) is 24.2 Å². The van der Waals surface area contributed by atoms with E-state index in [1.54, 1.807) is 24.3 Å². The van der Waals surface area contributed by atoms with E-state index >= 15 is 0 Å². The van der Waals surface area contributed by atoms with E-state index in [1.165, 1.54) is 0 Å². The second kappa shape index (κ2) is 6.22. The fourth-order valence-corrected chi connectivity index (χ4v) is 3.71. The second-order valence-corrected chi connectivity index (χ2v) is 7.52. The van der Waals surface area contributed by atoms with E-state index < -0.39 is 9.84 Å². The van der Waals surface area contributed by atoms with Gasteiger partial charge in [-0.25, -0.2) is 8.42 Å². The summed E-state index contributed by atoms with van der Waals surface area (Å²) < 4.78 is 24.3. The van der Waals surface area contributed by atoms with Crippen LogP contribution in [0.5, 0.6) is 0 Å². The van der Waals surface area contributed by atoms with Gasteiger partial charge in [0.2, 0.25) is 0 Å². The molecule has 1 atom stereocenters. The van der Waals surface area contributed by atoms with Crippen LogP contribution in [0, 0.1) is 0 Å². The summed E-state index contributed by atoms with van der Waals surface area (Å²) >= 11 is 5.76. The summed E-state index contributed by atoms with van der Waals surface area (Å²) in [4.78, 5) is 2.46. The molecule has 1 aliphatic heterocycles. The lowest BCUT2D eigenvalue weighted by atomic mass is 10.1. The van der Waals surface area contributed by atoms with Crippen molar-refractivity contribution in [1.29, 1.82) is 0 Å². The van der Waals surface area contributed by atoms with E-state index in [4.69, 9.17) is 17.3 Å². The Morgan fingerprint density at radius 3 is 2.63 bits per heavy atom. The Balaban J connectivity index is 1.96. The zero-order valence-electron chi connectivity index (χ0n) is 10.8. The van der Waals surface area contributed by atoms with Crippen LogP contribution in [-0.4, -0.2) is 44.7 Å². The Labute approximate surface area is 119 Å². The molecule has 0 saturated carbocycles. The van der Waals surface area contributed by atoms with Crippen LogP contribution in [0.15, 0.2) is 29.2 Å². The number of piperidine rings is 1. The lowest BCUT2D eigenvalue weighted by Gasteiger charge is -2.30. The number of hydrogen-bond acceptors (Lipinski definition) is 4. The maximum absolute atomic E-state index is 12.2. The molecule has 106 valence electrons. The molecule has 0 spiro atoms. The van der Waals surface area contributed by atoms with Gasteiger partial charge in [-0.3, -0.25) is 0 Å². The molecular formula is C13H19ClN2O2S. The molecule has 1 fully saturated rings. The number of sulfone groups is 1. The first-order valence-corrected chi connectivity index (χ1v) is 8.47. The highest BCUT2D eigenvalue weighted by Gasteiger charge is 2.20. The highest BCUT2D eigenvalue weighted by atomic mass is 35.5. The molecule has 0 aliphatic carbocycles. The normalized spacial score (nSPS) is 21.5. The Bertz CT molecular complexity index is 516. The van der Waals surface area contributed by atoms with Crippen LogP contribution in [0.25, 0.3) is 0 Å². The SMILES string of the molecule is N[C@@H]1CCCN(CCS(=O)(=O)c2ccc(Cl)cc2)C1. The summed E-state index contributed by atoms with van der Waals surface area (Å²) in [5.74, 6) is 0.126. The maximum atomic E-state index is 12.2. The third-order valence-electron chi connectivity index (χ3n) is 3.39. The molecule has 19 heavy (non-hydrogen) atoms. The van der Waals surface area contributed by atoms with Gasteiger partial charge in [-0.15, -0.1) is 0 Å². The molecule has 0 aromatic heterocycles. The molecule has 1 aliphatic rings. The molecule has 6 heteroatoms. The van der Waals surface area contributed by atoms with Crippen LogP contribution in [0.2, 0.25) is 5.02 Å². The van der Waals surface area contributed by atoms with Gasteiger partial charge in [-0.1, -0.05) is 11.6 Å². The van der Waals surface area contributed by atoms with Gasteiger partial charge >= 0.3 is 0 Å². The molecule has 0 bridgehead atoms. The van der Waals surface area contributed by atoms with Gasteiger partial charge < -0.3 is 10.6 Å². The summed E-state index contributed by atoms with van der Waals surface area (Å²) in [6.45, 7) is 2.26. The Morgan fingerprint density at radius 2 is 2.00 bits per heavy atom. The third kappa shape index (κ3) is 4.18. The largest absolute Gasteiger partial charge is 0.327 e. The van der Waals surface area contributed by atoms with E-state index in [0.29, 0.717) is 16.5 Å². The first kappa shape index (κ1) is 14.8. The van der Waals surface area contributed by atoms with Crippen LogP contribution in [-0.2, 0) is 9.84 Å². The molecule has 1 heterocycles. The summed E-state index contributed by atoms with van der Waals surface area (Å²) in [7, 11) is -3.24. The molecule has 2 N–H and O–H groups in total. The predicted octanol–water partition coefficient (Wildman–Crippen LogP) is 1.54. The molecule has 4 nitrogen and oxygen atoms in total. The van der Waals surface area contributed by atoms with Crippen LogP contribution in [0.1, 0.15) is 12.8 Å². The van der Waals surface area contributed by atoms with Crippen molar-refractivity contribution in [3.63, 3.8) is 0 Å². The Hall–Kier alpha value is -0.620. The van der Waals surface area contributed by atoms with Gasteiger partial charge in [-0.05, 0) is 43.7 Å². The zero-order valence-corrected chi connectivity index (χ0v) is 12.3. The van der Waals surface area contributed by atoms with Crippen molar-refractivity contribution in [3.05, 3.63) is 29.3 Å². The number of rotatable bonds is 4. The standard InChI is InChI=1S/C13H19ClN2O2S/c14-11-3-5-13(6-4-11)19(17,18)9-8-16-7-1-2-12(15)10-16/h3-6,12H,1-2,7-10,15H2/t12-/m1/s1. The Morgan fingerprint density at radius 1 is 1.32 bits per heavy atom. The average molecular weight is 303 g/mol. The van der Waals surface area contributed by atoms with Crippen molar-refractivity contribution in [1.82, 2.24) is 4.90 Å². The monoisotopic (exact) mass is 302 g/mol. The zero-order chi connectivity index (χ0) is 13.9. The maximum Gasteiger partial charge on any atom is 0.179 e. The number of benzene rings is 1. The van der Waals surface area contributed by atoms with Crippen molar-refractivity contribution < 1.29 is 8.42 Å². The predicted molar refractivity (Wildman–Crippen MR) is 77.2 cm³/mol. The van der Waals surface area contributed by atoms with E-state index in [9.17, 15) is 8.42 Å². The van der Waals surface area contributed by atoms with Crippen LogP contribution >= 0.6 is 11.6 Å². The topological polar surface area (TPSA) is 63.4 Å². The first-order chi connectivity index (χ1) is 8.97. The lowest BCUT2D eigenvalue weighted by molar-refractivity contribution is 0.220. The number of nitrogens with two attached hydrogens (primary N) is 1. The van der Waals surface area contributed by atoms with Crippen molar-refractivity contribution in [2.75, 3.05) is 25.4 Å². The molecule has 1 aromatic rings. The number of nitrogens with zero attached hydrogens (tertiary/aromatic N) is 1. The summed E-state index contributed by atoms with van der Waals surface area (Å²) in [5, 5.41) is 0.543. The number of halogens is 1. The summed E-state index contributed by atoms with van der Waals surface area (Å²) in [5.41, 5.74) is 5.89. The van der Waals surface area contributed by atoms with Crippen molar-refractivity contribution in [2.24, 2.45) is 5.73 Å². The van der Waals surface area contributed by atoms with Gasteiger partial charge in [0.25, 0.3) is 0 Å². The minimum atomic E-state index is -3.24. The van der Waals surface area contributed by atoms with Gasteiger partial charge in [-0.2, -0.15) is 0 Å². The molecule has 1 aromatic carbocycles. The van der Waals surface area contributed by atoms with E-state index in [2.05, 4.69) is 4.90 Å². The minimum absolute atomic E-state index is 0.126. The quantitative estimate of drug-likeness (QED) is 0.916.